The first-order chi connectivity index (χ1) is 9.77. The second-order valence-electron chi connectivity index (χ2n) is 4.11. The molecular formula is C12H13F2NO6. The summed E-state index contributed by atoms with van der Waals surface area (Å²) in [6, 6.07) is 1.06. The lowest BCUT2D eigenvalue weighted by Gasteiger charge is -2.17. The molecule has 2 unspecified atom stereocenters. The van der Waals surface area contributed by atoms with Gasteiger partial charge in [-0.05, 0) is 24.6 Å². The number of halogens is 2. The Morgan fingerprint density at radius 2 is 1.90 bits per heavy atom. The zero-order valence-electron chi connectivity index (χ0n) is 11.0. The zero-order chi connectivity index (χ0) is 16.2. The number of nitrogens with zero attached hydrogens (tertiary/aromatic N) is 1. The molecule has 0 heterocycles. The number of esters is 1. The number of carbonyl (C=O) groups excluding carboxylic acids is 1. The molecule has 0 spiro atoms. The number of aliphatic hydroxyl groups excluding tert-OH is 2. The first-order valence-electron chi connectivity index (χ1n) is 5.93. The summed E-state index contributed by atoms with van der Waals surface area (Å²) in [5, 5.41) is 29.7. The maximum Gasteiger partial charge on any atom is 0.340 e. The number of aliphatic hydroxyl groups is 2. The first-order valence-corrected chi connectivity index (χ1v) is 5.93. The molecule has 0 fully saturated rings. The molecule has 7 nitrogen and oxygen atoms in total. The summed E-state index contributed by atoms with van der Waals surface area (Å²) < 4.78 is 31.4. The van der Waals surface area contributed by atoms with Crippen molar-refractivity contribution in [2.24, 2.45) is 0 Å². The van der Waals surface area contributed by atoms with Crippen LogP contribution in [0.5, 0.6) is 0 Å². The molecule has 2 N–H and O–H groups in total. The second-order valence-corrected chi connectivity index (χ2v) is 4.11. The Bertz CT molecular complexity index is 528. The SMILES string of the molecule is CCOC(=O)CC(O)C(O)c1cc(F)c([N+](=O)[O-])c(F)c1. The predicted octanol–water partition coefficient (Wildman–Crippen LogP) is 1.22. The van der Waals surface area contributed by atoms with Gasteiger partial charge in [-0.3, -0.25) is 14.9 Å². The van der Waals surface area contributed by atoms with Crippen LogP contribution in [0.2, 0.25) is 0 Å². The minimum Gasteiger partial charge on any atom is -0.466 e. The van der Waals surface area contributed by atoms with Crippen LogP contribution in [0.15, 0.2) is 12.1 Å². The molecule has 9 heteroatoms. The van der Waals surface area contributed by atoms with Gasteiger partial charge >= 0.3 is 11.7 Å². The summed E-state index contributed by atoms with van der Waals surface area (Å²) in [5.74, 6) is -3.78. The van der Waals surface area contributed by atoms with E-state index >= 15 is 0 Å². The lowest BCUT2D eigenvalue weighted by Crippen LogP contribution is -2.23. The molecule has 0 amide bonds. The first kappa shape index (κ1) is 16.9. The van der Waals surface area contributed by atoms with E-state index in [1.54, 1.807) is 6.92 Å². The van der Waals surface area contributed by atoms with Gasteiger partial charge in [0.25, 0.3) is 0 Å². The van der Waals surface area contributed by atoms with E-state index in [1.807, 2.05) is 0 Å². The van der Waals surface area contributed by atoms with Gasteiger partial charge in [-0.25, -0.2) is 0 Å². The third-order valence-corrected chi connectivity index (χ3v) is 2.61. The third-order valence-electron chi connectivity index (χ3n) is 2.61. The molecular weight excluding hydrogens is 292 g/mol. The molecule has 0 saturated carbocycles. The van der Waals surface area contributed by atoms with Gasteiger partial charge in [-0.1, -0.05) is 0 Å². The molecule has 0 saturated heterocycles. The number of hydrogen-bond acceptors (Lipinski definition) is 6. The van der Waals surface area contributed by atoms with E-state index < -0.39 is 52.4 Å². The Hall–Kier alpha value is -2.13. The van der Waals surface area contributed by atoms with E-state index in [9.17, 15) is 33.9 Å². The fourth-order valence-electron chi connectivity index (χ4n) is 1.65. The highest BCUT2D eigenvalue weighted by atomic mass is 19.1. The van der Waals surface area contributed by atoms with Gasteiger partial charge in [-0.15, -0.1) is 0 Å². The summed E-state index contributed by atoms with van der Waals surface area (Å²) in [5.41, 5.74) is -1.78. The Balaban J connectivity index is 2.95. The van der Waals surface area contributed by atoms with E-state index in [0.717, 1.165) is 0 Å². The van der Waals surface area contributed by atoms with Crippen LogP contribution in [0, 0.1) is 21.7 Å². The largest absolute Gasteiger partial charge is 0.466 e. The molecule has 1 aromatic carbocycles. The number of rotatable bonds is 6. The number of nitro benzene ring substituents is 1. The van der Waals surface area contributed by atoms with Gasteiger partial charge in [0.2, 0.25) is 11.6 Å². The van der Waals surface area contributed by atoms with Crippen LogP contribution in [0.4, 0.5) is 14.5 Å². The van der Waals surface area contributed by atoms with Crippen LogP contribution < -0.4 is 0 Å². The van der Waals surface area contributed by atoms with Gasteiger partial charge < -0.3 is 14.9 Å². The molecule has 0 aliphatic carbocycles. The van der Waals surface area contributed by atoms with Crippen LogP contribution in [-0.4, -0.2) is 33.8 Å². The minimum atomic E-state index is -1.79. The summed E-state index contributed by atoms with van der Waals surface area (Å²) in [6.45, 7) is 1.62. The van der Waals surface area contributed by atoms with Crippen molar-refractivity contribution in [3.8, 4) is 0 Å². The van der Waals surface area contributed by atoms with Crippen molar-refractivity contribution in [1.82, 2.24) is 0 Å². The number of ether oxygens (including phenoxy) is 1. The minimum absolute atomic E-state index is 0.0719. The molecule has 0 aliphatic heterocycles. The Labute approximate surface area is 117 Å². The normalized spacial score (nSPS) is 13.6. The highest BCUT2D eigenvalue weighted by molar-refractivity contribution is 5.70. The summed E-state index contributed by atoms with van der Waals surface area (Å²) >= 11 is 0. The van der Waals surface area contributed by atoms with E-state index in [0.29, 0.717) is 12.1 Å². The van der Waals surface area contributed by atoms with Crippen LogP contribution in [0.3, 0.4) is 0 Å². The van der Waals surface area contributed by atoms with Gasteiger partial charge in [0.1, 0.15) is 6.10 Å². The monoisotopic (exact) mass is 305 g/mol. The second kappa shape index (κ2) is 7.04. The molecule has 1 rings (SSSR count). The van der Waals surface area contributed by atoms with Gasteiger partial charge in [-0.2, -0.15) is 8.78 Å². The van der Waals surface area contributed by atoms with Crippen LogP contribution in [0.25, 0.3) is 0 Å². The molecule has 1 aromatic rings. The van der Waals surface area contributed by atoms with Crippen molar-refractivity contribution in [3.05, 3.63) is 39.4 Å². The lowest BCUT2D eigenvalue weighted by molar-refractivity contribution is -0.390. The number of benzene rings is 1. The smallest absolute Gasteiger partial charge is 0.340 e. The molecule has 0 radical (unpaired) electrons. The highest BCUT2D eigenvalue weighted by Gasteiger charge is 2.27. The summed E-state index contributed by atoms with van der Waals surface area (Å²) in [4.78, 5) is 20.3. The van der Waals surface area contributed by atoms with Crippen molar-refractivity contribution in [2.45, 2.75) is 25.6 Å². The van der Waals surface area contributed by atoms with Gasteiger partial charge in [0, 0.05) is 0 Å². The topological polar surface area (TPSA) is 110 Å². The van der Waals surface area contributed by atoms with Crippen molar-refractivity contribution in [2.75, 3.05) is 6.61 Å². The molecule has 21 heavy (non-hydrogen) atoms. The van der Waals surface area contributed by atoms with E-state index in [1.165, 1.54) is 0 Å². The Morgan fingerprint density at radius 1 is 1.38 bits per heavy atom. The fraction of sp³-hybridized carbons (Fsp3) is 0.417. The predicted molar refractivity (Wildman–Crippen MR) is 65.2 cm³/mol. The Morgan fingerprint density at radius 3 is 2.33 bits per heavy atom. The lowest BCUT2D eigenvalue weighted by atomic mass is 10.0. The standard InChI is InChI=1S/C12H13F2NO6/c1-2-21-10(17)5-9(16)12(18)6-3-7(13)11(15(19)20)8(14)4-6/h3-4,9,12,16,18H,2,5H2,1H3. The molecule has 116 valence electrons. The van der Waals surface area contributed by atoms with Gasteiger partial charge in [0.15, 0.2) is 0 Å². The summed E-state index contributed by atoms with van der Waals surface area (Å²) in [7, 11) is 0. The fourth-order valence-corrected chi connectivity index (χ4v) is 1.65. The highest BCUT2D eigenvalue weighted by Crippen LogP contribution is 2.28. The van der Waals surface area contributed by atoms with Crippen molar-refractivity contribution >= 4 is 11.7 Å². The zero-order valence-corrected chi connectivity index (χ0v) is 11.0. The van der Waals surface area contributed by atoms with Crippen molar-refractivity contribution in [3.63, 3.8) is 0 Å². The van der Waals surface area contributed by atoms with Crippen LogP contribution >= 0.6 is 0 Å². The number of hydrogen-bond donors (Lipinski definition) is 2. The van der Waals surface area contributed by atoms with E-state index in [-0.39, 0.29) is 6.61 Å². The van der Waals surface area contributed by atoms with Crippen molar-refractivity contribution < 1.29 is 33.4 Å². The summed E-state index contributed by atoms with van der Waals surface area (Å²) in [6.07, 6.45) is -4.04. The van der Waals surface area contributed by atoms with E-state index in [4.69, 9.17) is 0 Å². The van der Waals surface area contributed by atoms with Gasteiger partial charge in [0.05, 0.1) is 24.1 Å². The molecule has 2 atom stereocenters. The molecule has 0 bridgehead atoms. The third kappa shape index (κ3) is 4.17. The maximum atomic E-state index is 13.4. The number of carbonyl (C=O) groups is 1. The average Bonchev–Trinajstić information content (AvgIpc) is 2.36. The molecule has 0 aliphatic rings. The average molecular weight is 305 g/mol. The van der Waals surface area contributed by atoms with Crippen LogP contribution in [-0.2, 0) is 9.53 Å². The van der Waals surface area contributed by atoms with Crippen molar-refractivity contribution in [1.29, 1.82) is 0 Å². The Kier molecular flexibility index (Phi) is 5.68. The number of nitro groups is 1. The maximum absolute atomic E-state index is 13.4. The van der Waals surface area contributed by atoms with E-state index in [2.05, 4.69) is 4.74 Å². The van der Waals surface area contributed by atoms with Crippen LogP contribution in [0.1, 0.15) is 25.0 Å². The quantitative estimate of drug-likeness (QED) is 0.464. The molecule has 0 aromatic heterocycles.